The summed E-state index contributed by atoms with van der Waals surface area (Å²) < 4.78 is 5.22. The van der Waals surface area contributed by atoms with Crippen molar-refractivity contribution < 1.29 is 14.3 Å². The molecule has 132 valence electrons. The molecule has 0 aliphatic carbocycles. The Labute approximate surface area is 139 Å². The number of likely N-dealkylation sites (tertiary alicyclic amines) is 2. The van der Waals surface area contributed by atoms with Gasteiger partial charge in [-0.2, -0.15) is 0 Å². The number of piperidine rings is 2. The van der Waals surface area contributed by atoms with Crippen molar-refractivity contribution in [2.75, 3.05) is 26.7 Å². The van der Waals surface area contributed by atoms with Crippen LogP contribution < -0.4 is 5.32 Å². The van der Waals surface area contributed by atoms with Crippen LogP contribution in [0.4, 0.5) is 4.79 Å². The second kappa shape index (κ2) is 7.07. The van der Waals surface area contributed by atoms with Gasteiger partial charge >= 0.3 is 6.09 Å². The Balaban J connectivity index is 1.87. The lowest BCUT2D eigenvalue weighted by molar-refractivity contribution is -0.136. The third-order valence-electron chi connectivity index (χ3n) is 4.76. The van der Waals surface area contributed by atoms with Crippen LogP contribution in [0.5, 0.6) is 0 Å². The molecule has 2 saturated heterocycles. The minimum absolute atomic E-state index is 0.0115. The van der Waals surface area contributed by atoms with Crippen molar-refractivity contribution in [1.82, 2.24) is 15.1 Å². The molecule has 2 amide bonds. The van der Waals surface area contributed by atoms with Gasteiger partial charge in [-0.15, -0.1) is 0 Å². The molecular weight excluding hydrogens is 294 g/mol. The molecule has 23 heavy (non-hydrogen) atoms. The molecule has 6 nitrogen and oxygen atoms in total. The number of hydrogen-bond donors (Lipinski definition) is 1. The summed E-state index contributed by atoms with van der Waals surface area (Å²) in [6.45, 7) is 9.88. The fourth-order valence-corrected chi connectivity index (χ4v) is 3.67. The fraction of sp³-hybridized carbons (Fsp3) is 0.882. The van der Waals surface area contributed by atoms with Crippen LogP contribution in [0, 0.1) is 5.92 Å². The molecule has 6 heteroatoms. The summed E-state index contributed by atoms with van der Waals surface area (Å²) in [5.41, 5.74) is -0.558. The Bertz CT molecular complexity index is 447. The first kappa shape index (κ1) is 18.0. The van der Waals surface area contributed by atoms with E-state index in [9.17, 15) is 9.59 Å². The van der Waals surface area contributed by atoms with Crippen molar-refractivity contribution in [3.05, 3.63) is 0 Å². The summed E-state index contributed by atoms with van der Waals surface area (Å²) >= 11 is 0. The van der Waals surface area contributed by atoms with E-state index in [1.807, 2.05) is 25.7 Å². The van der Waals surface area contributed by atoms with E-state index in [1.165, 1.54) is 12.8 Å². The maximum atomic E-state index is 12.6. The number of nitrogens with zero attached hydrogens (tertiary/aromatic N) is 2. The monoisotopic (exact) mass is 325 g/mol. The highest BCUT2D eigenvalue weighted by Gasteiger charge is 2.37. The summed E-state index contributed by atoms with van der Waals surface area (Å²) in [4.78, 5) is 28.7. The highest BCUT2D eigenvalue weighted by Crippen LogP contribution is 2.29. The lowest BCUT2D eigenvalue weighted by Crippen LogP contribution is -2.57. The number of fused-ring (bicyclic) bond motifs is 1. The predicted octanol–water partition coefficient (Wildman–Crippen LogP) is 1.84. The van der Waals surface area contributed by atoms with Gasteiger partial charge in [-0.05, 0) is 66.5 Å². The van der Waals surface area contributed by atoms with Crippen molar-refractivity contribution in [1.29, 1.82) is 0 Å². The summed E-state index contributed by atoms with van der Waals surface area (Å²) in [7, 11) is 2.18. The Hall–Kier alpha value is -1.30. The van der Waals surface area contributed by atoms with E-state index in [0.717, 1.165) is 26.1 Å². The summed E-state index contributed by atoms with van der Waals surface area (Å²) in [6.07, 6.45) is 2.87. The van der Waals surface area contributed by atoms with Gasteiger partial charge in [0.15, 0.2) is 0 Å². The third-order valence-corrected chi connectivity index (χ3v) is 4.76. The molecular formula is C17H31N3O3. The van der Waals surface area contributed by atoms with Gasteiger partial charge in [0.2, 0.25) is 5.91 Å². The minimum atomic E-state index is -0.558. The van der Waals surface area contributed by atoms with E-state index < -0.39 is 17.7 Å². The van der Waals surface area contributed by atoms with Crippen molar-refractivity contribution in [3.63, 3.8) is 0 Å². The van der Waals surface area contributed by atoms with Gasteiger partial charge in [-0.1, -0.05) is 0 Å². The van der Waals surface area contributed by atoms with Gasteiger partial charge < -0.3 is 19.9 Å². The summed E-state index contributed by atoms with van der Waals surface area (Å²) in [5, 5.41) is 2.65. The fourth-order valence-electron chi connectivity index (χ4n) is 3.67. The van der Waals surface area contributed by atoms with Crippen LogP contribution in [0.3, 0.4) is 0 Å². The SMILES string of the molecule is C[C@@H](NC(=O)OC(C)(C)C)C(=O)N1CCC2C(CCCN2C)C1. The first-order chi connectivity index (χ1) is 10.7. The van der Waals surface area contributed by atoms with Crippen molar-refractivity contribution in [2.24, 2.45) is 5.92 Å². The predicted molar refractivity (Wildman–Crippen MR) is 89.2 cm³/mol. The second-order valence-electron chi connectivity index (χ2n) is 7.89. The molecule has 3 atom stereocenters. The van der Waals surface area contributed by atoms with Gasteiger partial charge in [0.25, 0.3) is 0 Å². The van der Waals surface area contributed by atoms with E-state index in [2.05, 4.69) is 17.3 Å². The normalized spacial score (nSPS) is 27.1. The molecule has 0 aromatic rings. The van der Waals surface area contributed by atoms with E-state index in [-0.39, 0.29) is 5.91 Å². The van der Waals surface area contributed by atoms with E-state index >= 15 is 0 Å². The van der Waals surface area contributed by atoms with Crippen LogP contribution >= 0.6 is 0 Å². The summed E-state index contributed by atoms with van der Waals surface area (Å²) in [5.74, 6) is 0.544. The molecule has 0 spiro atoms. The molecule has 2 heterocycles. The molecule has 2 rings (SSSR count). The van der Waals surface area contributed by atoms with Crippen LogP contribution in [-0.2, 0) is 9.53 Å². The minimum Gasteiger partial charge on any atom is -0.444 e. The topological polar surface area (TPSA) is 61.9 Å². The second-order valence-corrected chi connectivity index (χ2v) is 7.89. The Morgan fingerprint density at radius 1 is 1.22 bits per heavy atom. The van der Waals surface area contributed by atoms with E-state index in [1.54, 1.807) is 6.92 Å². The van der Waals surface area contributed by atoms with E-state index in [4.69, 9.17) is 4.74 Å². The molecule has 0 saturated carbocycles. The standard InChI is InChI=1S/C17H31N3O3/c1-12(18-16(22)23-17(2,3)4)15(21)20-10-8-14-13(11-20)7-6-9-19(14)5/h12-14H,6-11H2,1-5H3,(H,18,22)/t12-,13?,14?/m1/s1. The van der Waals surface area contributed by atoms with Gasteiger partial charge in [-0.25, -0.2) is 4.79 Å². The number of nitrogens with one attached hydrogen (secondary N) is 1. The number of hydrogen-bond acceptors (Lipinski definition) is 4. The average Bonchev–Trinajstić information content (AvgIpc) is 2.44. The van der Waals surface area contributed by atoms with Gasteiger partial charge in [0, 0.05) is 19.1 Å². The van der Waals surface area contributed by atoms with Crippen LogP contribution in [0.2, 0.25) is 0 Å². The van der Waals surface area contributed by atoms with Gasteiger partial charge in [-0.3, -0.25) is 4.79 Å². The van der Waals surface area contributed by atoms with Crippen LogP contribution in [-0.4, -0.2) is 66.2 Å². The maximum absolute atomic E-state index is 12.6. The molecule has 2 fully saturated rings. The number of rotatable bonds is 2. The Morgan fingerprint density at radius 2 is 1.91 bits per heavy atom. The van der Waals surface area contributed by atoms with Gasteiger partial charge in [0.1, 0.15) is 11.6 Å². The molecule has 2 unspecified atom stereocenters. The van der Waals surface area contributed by atoms with Crippen LogP contribution in [0.1, 0.15) is 47.0 Å². The zero-order chi connectivity index (χ0) is 17.2. The van der Waals surface area contributed by atoms with E-state index in [0.29, 0.717) is 12.0 Å². The molecule has 0 aromatic heterocycles. The molecule has 0 aromatic carbocycles. The Morgan fingerprint density at radius 3 is 2.57 bits per heavy atom. The van der Waals surface area contributed by atoms with Crippen molar-refractivity contribution in [3.8, 4) is 0 Å². The first-order valence-electron chi connectivity index (χ1n) is 8.66. The Kier molecular flexibility index (Phi) is 5.55. The molecule has 1 N–H and O–H groups in total. The van der Waals surface area contributed by atoms with Gasteiger partial charge in [0.05, 0.1) is 0 Å². The highest BCUT2D eigenvalue weighted by molar-refractivity contribution is 5.85. The molecule has 2 aliphatic heterocycles. The smallest absolute Gasteiger partial charge is 0.408 e. The number of amides is 2. The summed E-state index contributed by atoms with van der Waals surface area (Å²) in [6, 6.07) is 0.0460. The largest absolute Gasteiger partial charge is 0.444 e. The zero-order valence-electron chi connectivity index (χ0n) is 15.1. The number of alkyl carbamates (subject to hydrolysis) is 1. The number of carbonyl (C=O) groups excluding carboxylic acids is 2. The first-order valence-corrected chi connectivity index (χ1v) is 8.66. The maximum Gasteiger partial charge on any atom is 0.408 e. The quantitative estimate of drug-likeness (QED) is 0.841. The zero-order valence-corrected chi connectivity index (χ0v) is 15.1. The number of ether oxygens (including phenoxy) is 1. The lowest BCUT2D eigenvalue weighted by Gasteiger charge is -2.46. The van der Waals surface area contributed by atoms with Crippen molar-refractivity contribution in [2.45, 2.75) is 64.6 Å². The lowest BCUT2D eigenvalue weighted by atomic mass is 9.84. The van der Waals surface area contributed by atoms with Crippen molar-refractivity contribution >= 4 is 12.0 Å². The van der Waals surface area contributed by atoms with Crippen LogP contribution in [0.15, 0.2) is 0 Å². The van der Waals surface area contributed by atoms with Crippen LogP contribution in [0.25, 0.3) is 0 Å². The molecule has 0 bridgehead atoms. The third kappa shape index (κ3) is 4.83. The molecule has 0 radical (unpaired) electrons. The highest BCUT2D eigenvalue weighted by atomic mass is 16.6. The molecule has 2 aliphatic rings. The number of carbonyl (C=O) groups is 2. The average molecular weight is 325 g/mol.